The van der Waals surface area contributed by atoms with E-state index in [4.69, 9.17) is 17.3 Å². The Hall–Kier alpha value is -0.280. The van der Waals surface area contributed by atoms with Gasteiger partial charge >= 0.3 is 0 Å². The summed E-state index contributed by atoms with van der Waals surface area (Å²) in [6, 6.07) is -1.06. The number of hydrogen-bond donors (Lipinski definition) is 1. The predicted molar refractivity (Wildman–Crippen MR) is 28.3 cm³/mol. The molecule has 2 atom stereocenters. The molecule has 0 aromatic rings. The van der Waals surface area contributed by atoms with Crippen LogP contribution < -0.4 is 10.8 Å². The number of halogens is 1. The van der Waals surface area contributed by atoms with Gasteiger partial charge in [-0.25, -0.2) is 0 Å². The van der Waals surface area contributed by atoms with Crippen molar-refractivity contribution in [2.45, 2.75) is 18.3 Å². The first kappa shape index (κ1) is 7.72. The molecule has 0 spiro atoms. The van der Waals surface area contributed by atoms with Crippen LogP contribution in [-0.4, -0.2) is 17.4 Å². The number of carboxylic acid groups (broad SMARTS) is 1. The molecule has 0 aromatic heterocycles. The van der Waals surface area contributed by atoms with Crippen LogP contribution in [0.15, 0.2) is 0 Å². The molecule has 0 bridgehead atoms. The molecular formula is C4H7ClNO2-. The van der Waals surface area contributed by atoms with Gasteiger partial charge < -0.3 is 15.6 Å². The van der Waals surface area contributed by atoms with Crippen LogP contribution in [0.25, 0.3) is 0 Å². The summed E-state index contributed by atoms with van der Waals surface area (Å²) < 4.78 is 0. The molecule has 0 aromatic carbocycles. The van der Waals surface area contributed by atoms with Crippen LogP contribution in [0.5, 0.6) is 0 Å². The molecular weight excluding hydrogens is 130 g/mol. The Kier molecular flexibility index (Phi) is 2.79. The second-order valence-electron chi connectivity index (χ2n) is 1.52. The number of carboxylic acids is 1. The third-order valence-electron chi connectivity index (χ3n) is 0.767. The molecule has 2 unspecified atom stereocenters. The third kappa shape index (κ3) is 2.14. The minimum atomic E-state index is -1.31. The summed E-state index contributed by atoms with van der Waals surface area (Å²) in [5.74, 6) is -1.31. The first-order valence-electron chi connectivity index (χ1n) is 2.16. The summed E-state index contributed by atoms with van der Waals surface area (Å²) >= 11 is 5.28. The molecule has 2 N–H and O–H groups in total. The van der Waals surface area contributed by atoms with Crippen molar-refractivity contribution in [2.75, 3.05) is 0 Å². The van der Waals surface area contributed by atoms with Gasteiger partial charge in [-0.15, -0.1) is 11.6 Å². The molecule has 0 aliphatic heterocycles. The van der Waals surface area contributed by atoms with E-state index in [0.717, 1.165) is 0 Å². The second kappa shape index (κ2) is 2.89. The van der Waals surface area contributed by atoms with E-state index in [-0.39, 0.29) is 0 Å². The van der Waals surface area contributed by atoms with E-state index < -0.39 is 17.4 Å². The van der Waals surface area contributed by atoms with Gasteiger partial charge in [0.2, 0.25) is 0 Å². The summed E-state index contributed by atoms with van der Waals surface area (Å²) in [5.41, 5.74) is 4.97. The van der Waals surface area contributed by atoms with Crippen LogP contribution in [0.2, 0.25) is 0 Å². The van der Waals surface area contributed by atoms with E-state index >= 15 is 0 Å². The largest absolute Gasteiger partial charge is 0.548 e. The van der Waals surface area contributed by atoms with Crippen molar-refractivity contribution in [1.82, 2.24) is 0 Å². The van der Waals surface area contributed by atoms with Gasteiger partial charge in [0.15, 0.2) is 0 Å². The average molecular weight is 137 g/mol. The first-order valence-corrected chi connectivity index (χ1v) is 2.60. The maximum Gasteiger partial charge on any atom is 0.0606 e. The Morgan fingerprint density at radius 2 is 2.25 bits per heavy atom. The van der Waals surface area contributed by atoms with E-state index in [1.54, 1.807) is 0 Å². The molecule has 0 heterocycles. The molecule has 4 heteroatoms. The fourth-order valence-electron chi connectivity index (χ4n) is 0.188. The van der Waals surface area contributed by atoms with Crippen molar-refractivity contribution in [3.05, 3.63) is 0 Å². The van der Waals surface area contributed by atoms with Gasteiger partial charge in [-0.1, -0.05) is 0 Å². The van der Waals surface area contributed by atoms with Crippen molar-refractivity contribution in [1.29, 1.82) is 0 Å². The summed E-state index contributed by atoms with van der Waals surface area (Å²) in [6.45, 7) is 1.50. The van der Waals surface area contributed by atoms with Gasteiger partial charge in [-0.3, -0.25) is 0 Å². The highest BCUT2D eigenvalue weighted by Crippen LogP contribution is 1.96. The maximum atomic E-state index is 9.82. The Bertz CT molecular complexity index is 94.0. The molecule has 0 fully saturated rings. The number of nitrogens with two attached hydrogens (primary N) is 1. The smallest absolute Gasteiger partial charge is 0.0606 e. The van der Waals surface area contributed by atoms with E-state index in [2.05, 4.69) is 0 Å². The van der Waals surface area contributed by atoms with E-state index in [1.165, 1.54) is 6.92 Å². The van der Waals surface area contributed by atoms with Gasteiger partial charge in [0.1, 0.15) is 0 Å². The van der Waals surface area contributed by atoms with Crippen molar-refractivity contribution >= 4 is 17.6 Å². The standard InChI is InChI=1S/C4H8ClNO2/c1-2(5)3(6)4(7)8/h2-3H,6H2,1H3,(H,7,8)/p-1. The lowest BCUT2D eigenvalue weighted by molar-refractivity contribution is -0.307. The monoisotopic (exact) mass is 136 g/mol. The van der Waals surface area contributed by atoms with Gasteiger partial charge in [-0.05, 0) is 6.92 Å². The van der Waals surface area contributed by atoms with Crippen molar-refractivity contribution in [2.24, 2.45) is 5.73 Å². The molecule has 0 saturated carbocycles. The lowest BCUT2D eigenvalue weighted by atomic mass is 10.2. The third-order valence-corrected chi connectivity index (χ3v) is 1.04. The molecule has 0 saturated heterocycles. The molecule has 3 nitrogen and oxygen atoms in total. The fourth-order valence-corrected chi connectivity index (χ4v) is 0.290. The topological polar surface area (TPSA) is 66.2 Å². The molecule has 48 valence electrons. The Morgan fingerprint density at radius 1 is 1.88 bits per heavy atom. The number of rotatable bonds is 2. The van der Waals surface area contributed by atoms with Gasteiger partial charge in [0.05, 0.1) is 17.4 Å². The maximum absolute atomic E-state index is 9.82. The van der Waals surface area contributed by atoms with E-state index in [9.17, 15) is 9.90 Å². The van der Waals surface area contributed by atoms with Crippen LogP contribution in [-0.2, 0) is 4.79 Å². The summed E-state index contributed by atoms with van der Waals surface area (Å²) in [4.78, 5) is 9.82. The normalized spacial score (nSPS) is 17.4. The van der Waals surface area contributed by atoms with Crippen LogP contribution in [0.3, 0.4) is 0 Å². The van der Waals surface area contributed by atoms with Crippen LogP contribution in [0.4, 0.5) is 0 Å². The second-order valence-corrected chi connectivity index (χ2v) is 2.21. The van der Waals surface area contributed by atoms with Gasteiger partial charge in [-0.2, -0.15) is 0 Å². The van der Waals surface area contributed by atoms with Crippen LogP contribution >= 0.6 is 11.6 Å². The van der Waals surface area contributed by atoms with Crippen molar-refractivity contribution in [3.8, 4) is 0 Å². The predicted octanol–water partition coefficient (Wildman–Crippen LogP) is -1.31. The lowest BCUT2D eigenvalue weighted by Gasteiger charge is -2.13. The molecule has 0 radical (unpaired) electrons. The minimum Gasteiger partial charge on any atom is -0.548 e. The zero-order chi connectivity index (χ0) is 6.73. The van der Waals surface area contributed by atoms with Crippen molar-refractivity contribution < 1.29 is 9.90 Å². The average Bonchev–Trinajstić information content (AvgIpc) is 1.64. The number of hydrogen-bond acceptors (Lipinski definition) is 3. The summed E-state index contributed by atoms with van der Waals surface area (Å²) in [7, 11) is 0. The fraction of sp³-hybridized carbons (Fsp3) is 0.750. The first-order chi connectivity index (χ1) is 3.55. The molecule has 0 rings (SSSR count). The van der Waals surface area contributed by atoms with Crippen molar-refractivity contribution in [3.63, 3.8) is 0 Å². The highest BCUT2D eigenvalue weighted by atomic mass is 35.5. The summed E-state index contributed by atoms with van der Waals surface area (Å²) in [5, 5.41) is 9.25. The number of alkyl halides is 1. The molecule has 0 amide bonds. The van der Waals surface area contributed by atoms with Crippen LogP contribution in [0.1, 0.15) is 6.92 Å². The molecule has 0 aliphatic rings. The lowest BCUT2D eigenvalue weighted by Crippen LogP contribution is -2.46. The van der Waals surface area contributed by atoms with Crippen LogP contribution in [0, 0.1) is 0 Å². The highest BCUT2D eigenvalue weighted by Gasteiger charge is 2.08. The van der Waals surface area contributed by atoms with E-state index in [1.807, 2.05) is 0 Å². The number of carbonyl (C=O) groups is 1. The van der Waals surface area contributed by atoms with E-state index in [0.29, 0.717) is 0 Å². The highest BCUT2D eigenvalue weighted by molar-refractivity contribution is 6.22. The Balaban J connectivity index is 3.64. The quantitative estimate of drug-likeness (QED) is 0.480. The Labute approximate surface area is 52.4 Å². The molecule has 8 heavy (non-hydrogen) atoms. The minimum absolute atomic E-state index is 0.569. The van der Waals surface area contributed by atoms with Gasteiger partial charge in [0.25, 0.3) is 0 Å². The SMILES string of the molecule is CC(Cl)C(N)C(=O)[O-]. The zero-order valence-electron chi connectivity index (χ0n) is 4.43. The molecule has 0 aliphatic carbocycles. The zero-order valence-corrected chi connectivity index (χ0v) is 5.18. The Morgan fingerprint density at radius 3 is 2.25 bits per heavy atom. The summed E-state index contributed by atoms with van der Waals surface area (Å²) in [6.07, 6.45) is 0. The number of aliphatic carboxylic acids is 1. The number of carbonyl (C=O) groups excluding carboxylic acids is 1. The van der Waals surface area contributed by atoms with Gasteiger partial charge in [0, 0.05) is 0 Å².